The molecule has 3 N–H and O–H groups in total. The summed E-state index contributed by atoms with van der Waals surface area (Å²) in [7, 11) is 0. The number of ether oxygens (including phenoxy) is 1. The van der Waals surface area contributed by atoms with Gasteiger partial charge in [0.15, 0.2) is 0 Å². The van der Waals surface area contributed by atoms with Gasteiger partial charge in [-0.25, -0.2) is 0 Å². The number of benzene rings is 1. The first kappa shape index (κ1) is 20.7. The molecule has 0 unspecified atom stereocenters. The van der Waals surface area contributed by atoms with Crippen LogP contribution < -0.4 is 4.74 Å². The Kier molecular flexibility index (Phi) is 7.91. The lowest BCUT2D eigenvalue weighted by molar-refractivity contribution is -0.139. The highest BCUT2D eigenvalue weighted by Gasteiger charge is 2.22. The Morgan fingerprint density at radius 1 is 1.12 bits per heavy atom. The minimum absolute atomic E-state index is 0.00400. The molecule has 0 aliphatic heterocycles. The zero-order valence-electron chi connectivity index (χ0n) is 15.9. The van der Waals surface area contributed by atoms with Crippen molar-refractivity contribution in [2.45, 2.75) is 83.3 Å². The lowest BCUT2D eigenvalue weighted by Gasteiger charge is -2.23. The number of aryl methyl sites for hydroxylation is 2. The van der Waals surface area contributed by atoms with Crippen molar-refractivity contribution >= 4 is 5.97 Å². The number of aliphatic hydroxyl groups is 2. The second kappa shape index (κ2) is 9.93. The normalized spacial score (nSPS) is 18.2. The number of carboxylic acid groups (broad SMARTS) is 1. The number of hydrogen-bond donors (Lipinski definition) is 3. The van der Waals surface area contributed by atoms with E-state index in [1.807, 2.05) is 6.92 Å². The SMILES string of the molecule is Cc1cc(C)c(OC[C@@H](O)C[C@@H](O)CC(=O)O)c(C2CCCCCC2)c1. The molecule has 0 amide bonds. The summed E-state index contributed by atoms with van der Waals surface area (Å²) >= 11 is 0. The van der Waals surface area contributed by atoms with Crippen molar-refractivity contribution in [2.24, 2.45) is 0 Å². The maximum Gasteiger partial charge on any atom is 0.305 e. The molecule has 1 aliphatic rings. The number of carbonyl (C=O) groups is 1. The lowest BCUT2D eigenvalue weighted by atomic mass is 9.88. The average Bonchev–Trinajstić information content (AvgIpc) is 2.81. The molecule has 2 rings (SSSR count). The second-order valence-corrected chi connectivity index (χ2v) is 7.64. The molecule has 1 saturated carbocycles. The van der Waals surface area contributed by atoms with Gasteiger partial charge in [-0.3, -0.25) is 4.79 Å². The largest absolute Gasteiger partial charge is 0.490 e. The summed E-state index contributed by atoms with van der Waals surface area (Å²) < 4.78 is 5.98. The number of hydrogen-bond acceptors (Lipinski definition) is 4. The van der Waals surface area contributed by atoms with Crippen LogP contribution in [0.1, 0.15) is 74.0 Å². The average molecular weight is 364 g/mol. The van der Waals surface area contributed by atoms with Crippen LogP contribution >= 0.6 is 0 Å². The van der Waals surface area contributed by atoms with Gasteiger partial charge in [-0.05, 0) is 43.7 Å². The molecule has 0 bridgehead atoms. The van der Waals surface area contributed by atoms with E-state index < -0.39 is 18.2 Å². The molecule has 1 aromatic rings. The molecule has 5 heteroatoms. The minimum atomic E-state index is -1.07. The number of carboxylic acids is 1. The van der Waals surface area contributed by atoms with Gasteiger partial charge < -0.3 is 20.1 Å². The Labute approximate surface area is 156 Å². The smallest absolute Gasteiger partial charge is 0.305 e. The van der Waals surface area contributed by atoms with Crippen molar-refractivity contribution in [3.05, 3.63) is 28.8 Å². The van der Waals surface area contributed by atoms with Crippen molar-refractivity contribution in [3.63, 3.8) is 0 Å². The van der Waals surface area contributed by atoms with Gasteiger partial charge in [0, 0.05) is 6.42 Å². The maximum absolute atomic E-state index is 10.6. The van der Waals surface area contributed by atoms with Crippen LogP contribution in [0.4, 0.5) is 0 Å². The maximum atomic E-state index is 10.6. The molecular formula is C21H32O5. The summed E-state index contributed by atoms with van der Waals surface area (Å²) in [6.45, 7) is 4.17. The highest BCUT2D eigenvalue weighted by molar-refractivity contribution is 5.67. The van der Waals surface area contributed by atoms with Gasteiger partial charge in [0.25, 0.3) is 0 Å². The molecule has 1 fully saturated rings. The summed E-state index contributed by atoms with van der Waals surface area (Å²) in [5.41, 5.74) is 3.50. The number of rotatable bonds is 8. The van der Waals surface area contributed by atoms with Gasteiger partial charge >= 0.3 is 5.97 Å². The number of aliphatic hydroxyl groups excluding tert-OH is 2. The van der Waals surface area contributed by atoms with Crippen LogP contribution in [-0.2, 0) is 4.79 Å². The van der Waals surface area contributed by atoms with E-state index in [-0.39, 0.29) is 19.4 Å². The standard InChI is InChI=1S/C21H32O5/c1-14-9-15(2)21(19(10-14)16-7-5-3-4-6-8-16)26-13-18(23)11-17(22)12-20(24)25/h9-10,16-18,22-23H,3-8,11-13H2,1-2H3,(H,24,25)/t17-,18+/m1/s1. The first-order valence-electron chi connectivity index (χ1n) is 9.68. The van der Waals surface area contributed by atoms with Crippen LogP contribution in [0.3, 0.4) is 0 Å². The Balaban J connectivity index is 2.06. The third-order valence-electron chi connectivity index (χ3n) is 5.12. The van der Waals surface area contributed by atoms with Crippen molar-refractivity contribution in [1.29, 1.82) is 0 Å². The van der Waals surface area contributed by atoms with Crippen LogP contribution in [0.2, 0.25) is 0 Å². The predicted molar refractivity (Wildman–Crippen MR) is 101 cm³/mol. The van der Waals surface area contributed by atoms with E-state index in [2.05, 4.69) is 19.1 Å². The third kappa shape index (κ3) is 6.29. The topological polar surface area (TPSA) is 87.0 Å². The van der Waals surface area contributed by atoms with Crippen molar-refractivity contribution in [3.8, 4) is 5.75 Å². The van der Waals surface area contributed by atoms with E-state index in [9.17, 15) is 15.0 Å². The van der Waals surface area contributed by atoms with Gasteiger partial charge in [0.2, 0.25) is 0 Å². The van der Waals surface area contributed by atoms with Gasteiger partial charge in [-0.15, -0.1) is 0 Å². The van der Waals surface area contributed by atoms with Crippen molar-refractivity contribution in [1.82, 2.24) is 0 Å². The molecule has 5 nitrogen and oxygen atoms in total. The highest BCUT2D eigenvalue weighted by atomic mass is 16.5. The molecule has 146 valence electrons. The molecule has 0 radical (unpaired) electrons. The summed E-state index contributed by atoms with van der Waals surface area (Å²) in [6, 6.07) is 4.28. The van der Waals surface area contributed by atoms with E-state index >= 15 is 0 Å². The van der Waals surface area contributed by atoms with Crippen LogP contribution in [0.15, 0.2) is 12.1 Å². The zero-order chi connectivity index (χ0) is 19.1. The molecule has 1 aromatic carbocycles. The molecule has 0 heterocycles. The van der Waals surface area contributed by atoms with Gasteiger partial charge in [-0.1, -0.05) is 43.4 Å². The number of aliphatic carboxylic acids is 1. The summed E-state index contributed by atoms with van der Waals surface area (Å²) in [5, 5.41) is 28.5. The Bertz CT molecular complexity index is 590. The lowest BCUT2D eigenvalue weighted by Crippen LogP contribution is -2.26. The minimum Gasteiger partial charge on any atom is -0.490 e. The van der Waals surface area contributed by atoms with Gasteiger partial charge in [-0.2, -0.15) is 0 Å². The second-order valence-electron chi connectivity index (χ2n) is 7.64. The van der Waals surface area contributed by atoms with Crippen molar-refractivity contribution in [2.75, 3.05) is 6.61 Å². The fourth-order valence-electron chi connectivity index (χ4n) is 3.92. The van der Waals surface area contributed by atoms with Gasteiger partial charge in [0.05, 0.1) is 18.6 Å². The van der Waals surface area contributed by atoms with Crippen LogP contribution in [0, 0.1) is 13.8 Å². The monoisotopic (exact) mass is 364 g/mol. The molecule has 0 aromatic heterocycles. The fraction of sp³-hybridized carbons (Fsp3) is 0.667. The van der Waals surface area contributed by atoms with E-state index in [1.165, 1.54) is 49.7 Å². The van der Waals surface area contributed by atoms with E-state index in [0.717, 1.165) is 11.3 Å². The summed E-state index contributed by atoms with van der Waals surface area (Å²) in [5.74, 6) is 0.255. The fourth-order valence-corrected chi connectivity index (χ4v) is 3.92. The summed E-state index contributed by atoms with van der Waals surface area (Å²) in [4.78, 5) is 10.6. The third-order valence-corrected chi connectivity index (χ3v) is 5.12. The van der Waals surface area contributed by atoms with E-state index in [4.69, 9.17) is 9.84 Å². The Morgan fingerprint density at radius 3 is 2.38 bits per heavy atom. The summed E-state index contributed by atoms with van der Waals surface area (Å²) in [6.07, 6.45) is 5.05. The molecule has 0 saturated heterocycles. The Morgan fingerprint density at radius 2 is 1.77 bits per heavy atom. The molecular weight excluding hydrogens is 332 g/mol. The molecule has 26 heavy (non-hydrogen) atoms. The Hall–Kier alpha value is -1.59. The van der Waals surface area contributed by atoms with Crippen LogP contribution in [0.5, 0.6) is 5.75 Å². The van der Waals surface area contributed by atoms with Crippen LogP contribution in [-0.4, -0.2) is 40.1 Å². The van der Waals surface area contributed by atoms with Gasteiger partial charge in [0.1, 0.15) is 12.4 Å². The predicted octanol–water partition coefficient (Wildman–Crippen LogP) is 3.71. The van der Waals surface area contributed by atoms with Crippen LogP contribution in [0.25, 0.3) is 0 Å². The van der Waals surface area contributed by atoms with Crippen molar-refractivity contribution < 1.29 is 24.9 Å². The highest BCUT2D eigenvalue weighted by Crippen LogP contribution is 2.39. The van der Waals surface area contributed by atoms with E-state index in [1.54, 1.807) is 0 Å². The zero-order valence-corrected chi connectivity index (χ0v) is 15.9. The first-order chi connectivity index (χ1) is 12.4. The molecule has 1 aliphatic carbocycles. The quantitative estimate of drug-likeness (QED) is 0.612. The molecule has 0 spiro atoms. The molecule has 2 atom stereocenters. The van der Waals surface area contributed by atoms with E-state index in [0.29, 0.717) is 5.92 Å². The first-order valence-corrected chi connectivity index (χ1v) is 9.68.